The van der Waals surface area contributed by atoms with E-state index in [0.29, 0.717) is 13.1 Å². The third-order valence-corrected chi connectivity index (χ3v) is 2.28. The number of ether oxygens (including phenoxy) is 2. The maximum atomic E-state index is 11.7. The molecule has 0 atom stereocenters. The fraction of sp³-hybridized carbons (Fsp3) is 0.375. The van der Waals surface area contributed by atoms with Gasteiger partial charge < -0.3 is 14.4 Å². The highest BCUT2D eigenvalue weighted by atomic mass is 16.6. The average Bonchev–Trinajstić information content (AvgIpc) is 2.44. The molecule has 0 saturated heterocycles. The number of nitrogens with zero attached hydrogens (tertiary/aromatic N) is 1. The maximum Gasteiger partial charge on any atom is 0.345 e. The Morgan fingerprint density at radius 3 is 1.86 bits per heavy atom. The molecule has 0 unspecified atom stereocenters. The van der Waals surface area contributed by atoms with Crippen molar-refractivity contribution in [2.45, 2.75) is 13.8 Å². The Morgan fingerprint density at radius 1 is 1.00 bits per heavy atom. The molecule has 0 bridgehead atoms. The molecule has 0 spiro atoms. The fourth-order valence-corrected chi connectivity index (χ4v) is 1.43. The van der Waals surface area contributed by atoms with Crippen LogP contribution in [-0.2, 0) is 19.1 Å². The topological polar surface area (TPSA) is 55.8 Å². The first kappa shape index (κ1) is 18.7. The van der Waals surface area contributed by atoms with Crippen molar-refractivity contribution < 1.29 is 19.1 Å². The molecule has 0 aliphatic rings. The molecule has 5 nitrogen and oxygen atoms in total. The first-order valence-corrected chi connectivity index (χ1v) is 6.79. The van der Waals surface area contributed by atoms with E-state index in [2.05, 4.69) is 13.2 Å². The van der Waals surface area contributed by atoms with Crippen molar-refractivity contribution >= 4 is 11.9 Å². The third-order valence-electron chi connectivity index (χ3n) is 2.28. The summed E-state index contributed by atoms with van der Waals surface area (Å²) in [5.74, 6) is -1.39. The van der Waals surface area contributed by atoms with Gasteiger partial charge in [0.1, 0.15) is 5.57 Å². The zero-order valence-corrected chi connectivity index (χ0v) is 12.7. The number of esters is 2. The number of carbonyl (C=O) groups excluding carboxylic acids is 2. The molecule has 0 amide bonds. The van der Waals surface area contributed by atoms with Gasteiger partial charge in [0.05, 0.1) is 13.2 Å². The summed E-state index contributed by atoms with van der Waals surface area (Å²) in [5, 5.41) is 0. The molecular weight excluding hydrogens is 270 g/mol. The summed E-state index contributed by atoms with van der Waals surface area (Å²) >= 11 is 0. The van der Waals surface area contributed by atoms with Crippen molar-refractivity contribution in [2.24, 2.45) is 0 Å². The Balaban J connectivity index is 5.03. The minimum absolute atomic E-state index is 0.132. The molecule has 0 rings (SSSR count). The first-order valence-electron chi connectivity index (χ1n) is 6.79. The van der Waals surface area contributed by atoms with Crippen LogP contribution in [0, 0.1) is 0 Å². The van der Waals surface area contributed by atoms with Gasteiger partial charge in [0.15, 0.2) is 0 Å². The van der Waals surface area contributed by atoms with Gasteiger partial charge in [-0.2, -0.15) is 0 Å². The monoisotopic (exact) mass is 293 g/mol. The van der Waals surface area contributed by atoms with Crippen LogP contribution in [0.4, 0.5) is 0 Å². The van der Waals surface area contributed by atoms with E-state index in [1.54, 1.807) is 38.3 Å². The number of rotatable bonds is 10. The van der Waals surface area contributed by atoms with Crippen molar-refractivity contribution in [1.82, 2.24) is 4.90 Å². The second-order valence-corrected chi connectivity index (χ2v) is 3.89. The van der Waals surface area contributed by atoms with E-state index in [1.807, 2.05) is 4.90 Å². The van der Waals surface area contributed by atoms with Crippen LogP contribution in [0.25, 0.3) is 0 Å². The summed E-state index contributed by atoms with van der Waals surface area (Å²) in [6, 6.07) is 0. The van der Waals surface area contributed by atoms with Gasteiger partial charge in [-0.25, -0.2) is 9.59 Å². The Kier molecular flexibility index (Phi) is 10.3. The lowest BCUT2D eigenvalue weighted by molar-refractivity contribution is -0.146. The molecule has 0 fully saturated rings. The van der Waals surface area contributed by atoms with Crippen molar-refractivity contribution in [2.75, 3.05) is 26.3 Å². The van der Waals surface area contributed by atoms with Crippen LogP contribution in [0.2, 0.25) is 0 Å². The number of hydrogen-bond donors (Lipinski definition) is 0. The summed E-state index contributed by atoms with van der Waals surface area (Å²) in [7, 11) is 0. The number of carbonyl (C=O) groups is 2. The Labute approximate surface area is 126 Å². The van der Waals surface area contributed by atoms with Gasteiger partial charge in [0.2, 0.25) is 0 Å². The molecule has 0 N–H and O–H groups in total. The highest BCUT2D eigenvalue weighted by Crippen LogP contribution is 2.03. The van der Waals surface area contributed by atoms with Crippen LogP contribution < -0.4 is 0 Å². The fourth-order valence-electron chi connectivity index (χ4n) is 1.43. The van der Waals surface area contributed by atoms with Gasteiger partial charge in [0.25, 0.3) is 0 Å². The van der Waals surface area contributed by atoms with Crippen molar-refractivity contribution in [3.8, 4) is 0 Å². The molecule has 116 valence electrons. The predicted octanol–water partition coefficient (Wildman–Crippen LogP) is 2.23. The molecule has 0 heterocycles. The van der Waals surface area contributed by atoms with Crippen LogP contribution >= 0.6 is 0 Å². The Hall–Kier alpha value is -2.30. The van der Waals surface area contributed by atoms with Gasteiger partial charge in [-0.3, -0.25) is 0 Å². The maximum absolute atomic E-state index is 11.7. The smallest absolute Gasteiger partial charge is 0.345 e. The summed E-state index contributed by atoms with van der Waals surface area (Å²) in [4.78, 5) is 25.3. The second-order valence-electron chi connectivity index (χ2n) is 3.89. The lowest BCUT2D eigenvalue weighted by atomic mass is 10.2. The SMILES string of the molecule is C=CCN(C=CC=C(C(=O)OCC)C(=O)OCC)CC=C. The van der Waals surface area contributed by atoms with Crippen LogP contribution in [0.1, 0.15) is 13.8 Å². The van der Waals surface area contributed by atoms with Gasteiger partial charge >= 0.3 is 11.9 Å². The van der Waals surface area contributed by atoms with Gasteiger partial charge in [-0.15, -0.1) is 13.2 Å². The minimum Gasteiger partial charge on any atom is -0.462 e. The molecule has 21 heavy (non-hydrogen) atoms. The summed E-state index contributed by atoms with van der Waals surface area (Å²) in [6.07, 6.45) is 8.21. The lowest BCUT2D eigenvalue weighted by Gasteiger charge is -2.15. The first-order chi connectivity index (χ1) is 10.1. The summed E-state index contributed by atoms with van der Waals surface area (Å²) in [6.45, 7) is 12.3. The van der Waals surface area contributed by atoms with Crippen LogP contribution in [0.5, 0.6) is 0 Å². The van der Waals surface area contributed by atoms with Crippen molar-refractivity contribution in [3.63, 3.8) is 0 Å². The predicted molar refractivity (Wildman–Crippen MR) is 82.5 cm³/mol. The van der Waals surface area contributed by atoms with E-state index in [-0.39, 0.29) is 18.8 Å². The number of allylic oxidation sites excluding steroid dienone is 2. The molecular formula is C16H23NO4. The van der Waals surface area contributed by atoms with Gasteiger partial charge in [-0.1, -0.05) is 12.2 Å². The van der Waals surface area contributed by atoms with Crippen molar-refractivity contribution in [1.29, 1.82) is 0 Å². The highest BCUT2D eigenvalue weighted by molar-refractivity contribution is 6.14. The van der Waals surface area contributed by atoms with Crippen molar-refractivity contribution in [3.05, 3.63) is 49.2 Å². The van der Waals surface area contributed by atoms with E-state index in [0.717, 1.165) is 0 Å². The molecule has 0 aliphatic heterocycles. The van der Waals surface area contributed by atoms with Gasteiger partial charge in [-0.05, 0) is 32.2 Å². The van der Waals surface area contributed by atoms with Crippen LogP contribution in [0.15, 0.2) is 49.2 Å². The lowest BCUT2D eigenvalue weighted by Crippen LogP contribution is -2.19. The van der Waals surface area contributed by atoms with E-state index < -0.39 is 11.9 Å². The van der Waals surface area contributed by atoms with Gasteiger partial charge in [0, 0.05) is 13.1 Å². The molecule has 0 saturated carbocycles. The zero-order chi connectivity index (χ0) is 16.1. The highest BCUT2D eigenvalue weighted by Gasteiger charge is 2.19. The van der Waals surface area contributed by atoms with E-state index >= 15 is 0 Å². The summed E-state index contributed by atoms with van der Waals surface area (Å²) < 4.78 is 9.67. The van der Waals surface area contributed by atoms with E-state index in [9.17, 15) is 9.59 Å². The van der Waals surface area contributed by atoms with E-state index in [4.69, 9.17) is 9.47 Å². The Bertz CT molecular complexity index is 394. The molecule has 0 radical (unpaired) electrons. The van der Waals surface area contributed by atoms with Crippen LogP contribution in [0.3, 0.4) is 0 Å². The van der Waals surface area contributed by atoms with E-state index in [1.165, 1.54) is 6.08 Å². The zero-order valence-electron chi connectivity index (χ0n) is 12.7. The molecule has 5 heteroatoms. The molecule has 0 aromatic heterocycles. The molecule has 0 aliphatic carbocycles. The number of hydrogen-bond acceptors (Lipinski definition) is 5. The second kappa shape index (κ2) is 11.5. The third kappa shape index (κ3) is 7.77. The standard InChI is InChI=1S/C16H23NO4/c1-5-11-17(12-6-2)13-9-10-14(15(18)20-7-3)16(19)21-8-4/h5-6,9-10,13H,1-2,7-8,11-12H2,3-4H3. The molecule has 0 aromatic rings. The quantitative estimate of drug-likeness (QED) is 0.154. The summed E-state index contributed by atoms with van der Waals surface area (Å²) in [5.41, 5.74) is -0.132. The average molecular weight is 293 g/mol. The molecule has 0 aromatic carbocycles. The normalized spacial score (nSPS) is 9.81. The Morgan fingerprint density at radius 2 is 1.48 bits per heavy atom. The minimum atomic E-state index is -0.695. The largest absolute Gasteiger partial charge is 0.462 e. The van der Waals surface area contributed by atoms with Crippen LogP contribution in [-0.4, -0.2) is 43.1 Å².